The van der Waals surface area contributed by atoms with Gasteiger partial charge in [-0.2, -0.15) is 26.3 Å². The van der Waals surface area contributed by atoms with Gasteiger partial charge in [-0.05, 0) is 33.3 Å². The minimum absolute atomic E-state index is 0.147. The summed E-state index contributed by atoms with van der Waals surface area (Å²) in [5, 5.41) is -0.294. The molecule has 4 heterocycles. The Kier molecular flexibility index (Phi) is 8.03. The third kappa shape index (κ3) is 5.19. The quantitative estimate of drug-likeness (QED) is 0.134. The summed E-state index contributed by atoms with van der Waals surface area (Å²) >= 11 is 4.88. The molecule has 1 aliphatic rings. The first-order chi connectivity index (χ1) is 19.8. The highest BCUT2D eigenvalue weighted by Crippen LogP contribution is 2.67. The molecule has 2 nitrogen and oxygen atoms in total. The summed E-state index contributed by atoms with van der Waals surface area (Å²) in [7, 11) is -0.968. The summed E-state index contributed by atoms with van der Waals surface area (Å²) in [6, 6.07) is 10.1. The van der Waals surface area contributed by atoms with Crippen LogP contribution in [-0.2, 0) is 0 Å². The van der Waals surface area contributed by atoms with Gasteiger partial charge in [0.1, 0.15) is 0 Å². The highest BCUT2D eigenvalue weighted by atomic mass is 32.1. The fourth-order valence-electron chi connectivity index (χ4n) is 4.82. The third-order valence-corrected chi connectivity index (χ3v) is 19.1. The van der Waals surface area contributed by atoms with Crippen LogP contribution >= 0.6 is 45.3 Å². The Morgan fingerprint density at radius 1 is 0.535 bits per heavy atom. The third-order valence-electron chi connectivity index (χ3n) is 7.15. The van der Waals surface area contributed by atoms with Crippen molar-refractivity contribution >= 4 is 81.6 Å². The number of thiophene rings is 4. The molecule has 4 aromatic rings. The molecule has 5 rings (SSSR count). The molecule has 0 spiro atoms. The van der Waals surface area contributed by atoms with Crippen LogP contribution in [0, 0.1) is 0 Å². The molecule has 0 unspecified atom stereocenters. The van der Waals surface area contributed by atoms with E-state index in [-0.39, 0.29) is 10.1 Å². The molecule has 0 N–H and O–H groups in total. The molecule has 0 atom stereocenters. The average Bonchev–Trinajstić information content (AvgIpc) is 3.70. The monoisotopic (exact) mass is 708 g/mol. The van der Waals surface area contributed by atoms with Crippen molar-refractivity contribution in [1.82, 2.24) is 0 Å². The lowest BCUT2D eigenvalue weighted by Crippen LogP contribution is -2.48. The molecule has 14 heteroatoms. The van der Waals surface area contributed by atoms with Crippen molar-refractivity contribution in [2.75, 3.05) is 14.2 Å². The number of rotatable bonds is 8. The smallest absolute Gasteiger partial charge is 0.380 e. The van der Waals surface area contributed by atoms with Gasteiger partial charge in [-0.3, -0.25) is 0 Å². The molecule has 0 saturated heterocycles. The van der Waals surface area contributed by atoms with E-state index in [1.807, 2.05) is 24.3 Å². The number of methoxy groups -OCH3 is 2. The Bertz CT molecular complexity index is 1590. The summed E-state index contributed by atoms with van der Waals surface area (Å²) in [5.41, 5.74) is -3.84. The van der Waals surface area contributed by atoms with E-state index in [2.05, 4.69) is 39.3 Å². The Morgan fingerprint density at radius 2 is 0.884 bits per heavy atom. The first-order valence-electron chi connectivity index (χ1n) is 13.2. The molecule has 0 aromatic carbocycles. The predicted molar refractivity (Wildman–Crippen MR) is 176 cm³/mol. The van der Waals surface area contributed by atoms with Gasteiger partial charge in [0.2, 0.25) is 0 Å². The van der Waals surface area contributed by atoms with Gasteiger partial charge in [-0.1, -0.05) is 74.1 Å². The molecular formula is C29H30F6O2S4Si2. The van der Waals surface area contributed by atoms with Gasteiger partial charge < -0.3 is 9.47 Å². The molecule has 0 aliphatic heterocycles. The van der Waals surface area contributed by atoms with Crippen molar-refractivity contribution in [3.05, 3.63) is 47.5 Å². The number of halogens is 6. The van der Waals surface area contributed by atoms with E-state index in [4.69, 9.17) is 9.47 Å². The van der Waals surface area contributed by atoms with Gasteiger partial charge in [0, 0.05) is 41.8 Å². The lowest BCUT2D eigenvalue weighted by Gasteiger charge is -2.25. The molecule has 0 fully saturated rings. The van der Waals surface area contributed by atoms with E-state index in [1.54, 1.807) is 0 Å². The molecule has 0 amide bonds. The Hall–Kier alpha value is -1.85. The molecule has 43 heavy (non-hydrogen) atoms. The maximum absolute atomic E-state index is 15.7. The molecule has 232 valence electrons. The zero-order valence-corrected chi connectivity index (χ0v) is 29.9. The van der Waals surface area contributed by atoms with Crippen molar-refractivity contribution in [2.45, 2.75) is 57.0 Å². The van der Waals surface area contributed by atoms with Crippen LogP contribution in [0.15, 0.2) is 36.4 Å². The fraction of sp³-hybridized carbons (Fsp3) is 0.379. The number of alkyl halides is 6. The summed E-state index contributed by atoms with van der Waals surface area (Å²) in [5.74, 6) is -16.1. The largest absolute Gasteiger partial charge is 0.487 e. The van der Waals surface area contributed by atoms with E-state index in [0.29, 0.717) is 9.75 Å². The summed E-state index contributed by atoms with van der Waals surface area (Å²) in [6.07, 6.45) is 0. The zero-order valence-electron chi connectivity index (χ0n) is 24.7. The van der Waals surface area contributed by atoms with E-state index in [1.165, 1.54) is 49.0 Å². The lowest BCUT2D eigenvalue weighted by molar-refractivity contribution is -0.254. The normalized spacial score (nSPS) is 18.0. The van der Waals surface area contributed by atoms with E-state index >= 15 is 26.3 Å². The Balaban J connectivity index is 1.76. The Morgan fingerprint density at radius 3 is 1.16 bits per heavy atom. The molecule has 0 saturated carbocycles. The number of hydrogen-bond acceptors (Lipinski definition) is 6. The molecule has 1 aliphatic carbocycles. The van der Waals surface area contributed by atoms with Crippen LogP contribution < -0.4 is 18.5 Å². The fourth-order valence-corrected chi connectivity index (χ4v) is 12.7. The van der Waals surface area contributed by atoms with Gasteiger partial charge in [0.05, 0.1) is 30.4 Å². The summed E-state index contributed by atoms with van der Waals surface area (Å²) in [6.45, 7) is 13.0. The molecule has 0 bridgehead atoms. The summed E-state index contributed by atoms with van der Waals surface area (Å²) < 4.78 is 106. The van der Waals surface area contributed by atoms with E-state index < -0.39 is 56.2 Å². The number of ether oxygens (including phenoxy) is 2. The van der Waals surface area contributed by atoms with Crippen molar-refractivity contribution in [1.29, 1.82) is 0 Å². The van der Waals surface area contributed by atoms with Crippen molar-refractivity contribution < 1.29 is 35.8 Å². The SMILES string of the molecule is COc1sc(-c2ccc([Si](C)(C)C)s2)cc1C1=C(c2cc(-c3ccc([Si](C)(C)C)s3)sc2OC)C(F)(F)C(F)(F)C1(F)F. The lowest BCUT2D eigenvalue weighted by atomic mass is 9.97. The van der Waals surface area contributed by atoms with Crippen LogP contribution in [0.2, 0.25) is 39.3 Å². The van der Waals surface area contributed by atoms with E-state index in [0.717, 1.165) is 41.4 Å². The summed E-state index contributed by atoms with van der Waals surface area (Å²) in [4.78, 5) is 2.39. The number of hydrogen-bond donors (Lipinski definition) is 0. The van der Waals surface area contributed by atoms with Crippen molar-refractivity contribution in [3.63, 3.8) is 0 Å². The average molecular weight is 709 g/mol. The maximum atomic E-state index is 15.7. The van der Waals surface area contributed by atoms with Crippen LogP contribution in [0.3, 0.4) is 0 Å². The van der Waals surface area contributed by atoms with Crippen LogP contribution in [0.25, 0.3) is 30.7 Å². The Labute approximate surface area is 264 Å². The minimum atomic E-state index is -5.69. The number of allylic oxidation sites excluding steroid dienone is 2. The highest BCUT2D eigenvalue weighted by molar-refractivity contribution is 7.31. The second kappa shape index (κ2) is 10.6. The van der Waals surface area contributed by atoms with Crippen molar-refractivity contribution in [2.24, 2.45) is 0 Å². The van der Waals surface area contributed by atoms with Gasteiger partial charge in [-0.25, -0.2) is 0 Å². The first kappa shape index (κ1) is 32.5. The minimum Gasteiger partial charge on any atom is -0.487 e. The van der Waals surface area contributed by atoms with Crippen LogP contribution in [0.4, 0.5) is 26.3 Å². The molecular weight excluding hydrogens is 679 g/mol. The second-order valence-electron chi connectivity index (χ2n) is 12.3. The standard InChI is InChI=1S/C29H30F6O2S4Si2/c1-36-25-15(13-19(40-25)17-9-11-21(38-17)42(3,4)5)23-24(28(32,33)29(34,35)27(23,30)31)16-14-20(41-26(16)37-2)18-10-12-22(39-18)43(6,7)8/h9-14H,1-8H3. The van der Waals surface area contributed by atoms with Gasteiger partial charge >= 0.3 is 17.8 Å². The zero-order chi connectivity index (χ0) is 31.9. The van der Waals surface area contributed by atoms with Crippen LogP contribution in [-0.4, -0.2) is 48.1 Å². The van der Waals surface area contributed by atoms with Crippen LogP contribution in [0.1, 0.15) is 11.1 Å². The van der Waals surface area contributed by atoms with Gasteiger partial charge in [0.25, 0.3) is 0 Å². The molecule has 4 aromatic heterocycles. The van der Waals surface area contributed by atoms with Gasteiger partial charge in [-0.15, -0.1) is 22.7 Å². The van der Waals surface area contributed by atoms with Crippen LogP contribution in [0.5, 0.6) is 10.1 Å². The van der Waals surface area contributed by atoms with E-state index in [9.17, 15) is 0 Å². The molecule has 0 radical (unpaired) electrons. The topological polar surface area (TPSA) is 18.5 Å². The van der Waals surface area contributed by atoms with Gasteiger partial charge in [0.15, 0.2) is 10.1 Å². The predicted octanol–water partition coefficient (Wildman–Crippen LogP) is 10.2. The van der Waals surface area contributed by atoms with Crippen molar-refractivity contribution in [3.8, 4) is 29.6 Å². The maximum Gasteiger partial charge on any atom is 0.380 e. The second-order valence-corrected chi connectivity index (χ2v) is 27.3. The highest BCUT2D eigenvalue weighted by Gasteiger charge is 2.80. The first-order valence-corrected chi connectivity index (χ1v) is 23.5.